The number of halogens is 1. The van der Waals surface area contributed by atoms with Crippen LogP contribution in [0.25, 0.3) is 0 Å². The van der Waals surface area contributed by atoms with Gasteiger partial charge in [0.05, 0.1) is 0 Å². The van der Waals surface area contributed by atoms with Gasteiger partial charge in [-0.3, -0.25) is 4.79 Å². The maximum absolute atomic E-state index is 11.4. The summed E-state index contributed by atoms with van der Waals surface area (Å²) in [5, 5.41) is 6.02. The van der Waals surface area contributed by atoms with Crippen LogP contribution in [0.15, 0.2) is 22.7 Å². The van der Waals surface area contributed by atoms with E-state index in [0.29, 0.717) is 18.0 Å². The van der Waals surface area contributed by atoms with E-state index in [-0.39, 0.29) is 5.91 Å². The Morgan fingerprint density at radius 2 is 2.16 bits per heavy atom. The van der Waals surface area contributed by atoms with Crippen LogP contribution in [0.5, 0.6) is 0 Å². The van der Waals surface area contributed by atoms with Crippen LogP contribution in [-0.2, 0) is 4.79 Å². The number of anilines is 1. The topological polar surface area (TPSA) is 67.2 Å². The van der Waals surface area contributed by atoms with Crippen molar-refractivity contribution < 1.29 is 4.79 Å². The van der Waals surface area contributed by atoms with E-state index in [1.807, 2.05) is 25.1 Å². The van der Waals surface area contributed by atoms with Crippen molar-refractivity contribution in [1.29, 1.82) is 0 Å². The molecule has 19 heavy (non-hydrogen) atoms. The summed E-state index contributed by atoms with van der Waals surface area (Å²) >= 11 is 8.35. The smallest absolute Gasteiger partial charge is 0.221 e. The van der Waals surface area contributed by atoms with Crippen LogP contribution in [0.2, 0.25) is 0 Å². The SMILES string of the molecule is CCCNC(=O)CCNc1ccc(C(N)=S)c(Br)c1. The number of carbonyl (C=O) groups excluding carboxylic acids is 1. The molecule has 0 radical (unpaired) electrons. The van der Waals surface area contributed by atoms with Crippen molar-refractivity contribution in [2.45, 2.75) is 19.8 Å². The summed E-state index contributed by atoms with van der Waals surface area (Å²) < 4.78 is 0.848. The van der Waals surface area contributed by atoms with E-state index in [0.717, 1.165) is 28.7 Å². The molecule has 4 N–H and O–H groups in total. The molecular weight excluding hydrogens is 326 g/mol. The molecule has 0 heterocycles. The molecule has 0 fully saturated rings. The van der Waals surface area contributed by atoms with Gasteiger partial charge in [-0.05, 0) is 40.5 Å². The summed E-state index contributed by atoms with van der Waals surface area (Å²) in [6, 6.07) is 5.65. The number of carbonyl (C=O) groups is 1. The summed E-state index contributed by atoms with van der Waals surface area (Å²) in [7, 11) is 0. The maximum Gasteiger partial charge on any atom is 0.221 e. The highest BCUT2D eigenvalue weighted by molar-refractivity contribution is 9.10. The predicted molar refractivity (Wildman–Crippen MR) is 86.4 cm³/mol. The predicted octanol–water partition coefficient (Wildman–Crippen LogP) is 2.41. The molecule has 1 amide bonds. The highest BCUT2D eigenvalue weighted by Crippen LogP contribution is 2.21. The molecule has 6 heteroatoms. The van der Waals surface area contributed by atoms with Crippen molar-refractivity contribution in [2.24, 2.45) is 5.73 Å². The van der Waals surface area contributed by atoms with Crippen molar-refractivity contribution in [3.8, 4) is 0 Å². The molecule has 0 aliphatic carbocycles. The van der Waals surface area contributed by atoms with Crippen LogP contribution in [0.1, 0.15) is 25.3 Å². The van der Waals surface area contributed by atoms with E-state index in [9.17, 15) is 4.79 Å². The first-order valence-corrected chi connectivity index (χ1v) is 7.34. The Morgan fingerprint density at radius 1 is 1.42 bits per heavy atom. The van der Waals surface area contributed by atoms with Crippen LogP contribution in [0, 0.1) is 0 Å². The van der Waals surface area contributed by atoms with Gasteiger partial charge in [-0.25, -0.2) is 0 Å². The Hall–Kier alpha value is -1.14. The second-order valence-electron chi connectivity index (χ2n) is 4.09. The molecule has 0 aliphatic heterocycles. The highest BCUT2D eigenvalue weighted by Gasteiger charge is 2.04. The van der Waals surface area contributed by atoms with Crippen LogP contribution < -0.4 is 16.4 Å². The van der Waals surface area contributed by atoms with Gasteiger partial charge in [0.15, 0.2) is 0 Å². The number of benzene rings is 1. The normalized spacial score (nSPS) is 10.0. The van der Waals surface area contributed by atoms with Gasteiger partial charge in [-0.15, -0.1) is 0 Å². The Bertz CT molecular complexity index is 465. The zero-order valence-electron chi connectivity index (χ0n) is 10.8. The number of thiocarbonyl (C=S) groups is 1. The number of nitrogens with one attached hydrogen (secondary N) is 2. The van der Waals surface area contributed by atoms with Crippen molar-refractivity contribution in [3.05, 3.63) is 28.2 Å². The lowest BCUT2D eigenvalue weighted by Crippen LogP contribution is -2.25. The molecule has 0 unspecified atom stereocenters. The molecular formula is C13H18BrN3OS. The largest absolute Gasteiger partial charge is 0.389 e. The Kier molecular flexibility index (Phi) is 6.80. The molecule has 104 valence electrons. The van der Waals surface area contributed by atoms with Crippen LogP contribution in [0.4, 0.5) is 5.69 Å². The van der Waals surface area contributed by atoms with Crippen LogP contribution >= 0.6 is 28.1 Å². The Labute approximate surface area is 127 Å². The molecule has 0 spiro atoms. The van der Waals surface area contributed by atoms with Gasteiger partial charge in [-0.2, -0.15) is 0 Å². The number of rotatable bonds is 7. The fourth-order valence-corrected chi connectivity index (χ4v) is 2.40. The van der Waals surface area contributed by atoms with Gasteiger partial charge < -0.3 is 16.4 Å². The Morgan fingerprint density at radius 3 is 2.74 bits per heavy atom. The van der Waals surface area contributed by atoms with Crippen molar-refractivity contribution in [2.75, 3.05) is 18.4 Å². The molecule has 0 saturated heterocycles. The lowest BCUT2D eigenvalue weighted by atomic mass is 10.2. The first-order valence-electron chi connectivity index (χ1n) is 6.14. The van der Waals surface area contributed by atoms with Gasteiger partial charge in [0.2, 0.25) is 5.91 Å². The third-order valence-electron chi connectivity index (χ3n) is 2.49. The minimum atomic E-state index is 0.0631. The Balaban J connectivity index is 2.44. The van der Waals surface area contributed by atoms with E-state index in [1.165, 1.54) is 0 Å². The molecule has 0 saturated carbocycles. The monoisotopic (exact) mass is 343 g/mol. The minimum absolute atomic E-state index is 0.0631. The highest BCUT2D eigenvalue weighted by atomic mass is 79.9. The van der Waals surface area contributed by atoms with E-state index in [1.54, 1.807) is 0 Å². The van der Waals surface area contributed by atoms with Crippen molar-refractivity contribution in [3.63, 3.8) is 0 Å². The molecule has 0 atom stereocenters. The van der Waals surface area contributed by atoms with Gasteiger partial charge in [0.25, 0.3) is 0 Å². The lowest BCUT2D eigenvalue weighted by Gasteiger charge is -2.09. The number of amides is 1. The summed E-state index contributed by atoms with van der Waals surface area (Å²) in [5.74, 6) is 0.0631. The number of hydrogen-bond donors (Lipinski definition) is 3. The van der Waals surface area contributed by atoms with Crippen molar-refractivity contribution in [1.82, 2.24) is 5.32 Å². The maximum atomic E-state index is 11.4. The number of hydrogen-bond acceptors (Lipinski definition) is 3. The standard InChI is InChI=1S/C13H18BrN3OS/c1-2-6-17-12(18)5-7-16-9-3-4-10(13(15)19)11(14)8-9/h3-4,8,16H,2,5-7H2,1H3,(H2,15,19)(H,17,18). The summed E-state index contributed by atoms with van der Waals surface area (Å²) in [6.45, 7) is 3.35. The summed E-state index contributed by atoms with van der Waals surface area (Å²) in [6.07, 6.45) is 1.40. The summed E-state index contributed by atoms with van der Waals surface area (Å²) in [5.41, 5.74) is 7.31. The second-order valence-corrected chi connectivity index (χ2v) is 5.38. The molecule has 0 aromatic heterocycles. The second kappa shape index (κ2) is 8.12. The van der Waals surface area contributed by atoms with E-state index in [2.05, 4.69) is 26.6 Å². The van der Waals surface area contributed by atoms with Gasteiger partial charge in [0, 0.05) is 35.2 Å². The quantitative estimate of drug-likeness (QED) is 0.665. The third-order valence-corrected chi connectivity index (χ3v) is 3.36. The zero-order chi connectivity index (χ0) is 14.3. The zero-order valence-corrected chi connectivity index (χ0v) is 13.2. The molecule has 1 rings (SSSR count). The molecule has 4 nitrogen and oxygen atoms in total. The first kappa shape index (κ1) is 15.9. The van der Waals surface area contributed by atoms with E-state index >= 15 is 0 Å². The van der Waals surface area contributed by atoms with E-state index < -0.39 is 0 Å². The first-order chi connectivity index (χ1) is 9.04. The van der Waals surface area contributed by atoms with E-state index in [4.69, 9.17) is 18.0 Å². The van der Waals surface area contributed by atoms with Gasteiger partial charge >= 0.3 is 0 Å². The molecule has 1 aromatic carbocycles. The fourth-order valence-electron chi connectivity index (χ4n) is 1.50. The molecule has 1 aromatic rings. The van der Waals surface area contributed by atoms with Gasteiger partial charge in [-0.1, -0.05) is 19.1 Å². The van der Waals surface area contributed by atoms with Crippen LogP contribution in [-0.4, -0.2) is 24.0 Å². The lowest BCUT2D eigenvalue weighted by molar-refractivity contribution is -0.120. The average Bonchev–Trinajstić information content (AvgIpc) is 2.36. The van der Waals surface area contributed by atoms with Crippen LogP contribution in [0.3, 0.4) is 0 Å². The fraction of sp³-hybridized carbons (Fsp3) is 0.385. The third kappa shape index (κ3) is 5.57. The molecule has 0 aliphatic rings. The molecule has 0 bridgehead atoms. The average molecular weight is 344 g/mol. The van der Waals surface area contributed by atoms with Crippen molar-refractivity contribution >= 4 is 44.7 Å². The summed E-state index contributed by atoms with van der Waals surface area (Å²) in [4.78, 5) is 11.8. The number of nitrogens with two attached hydrogens (primary N) is 1. The minimum Gasteiger partial charge on any atom is -0.389 e. The van der Waals surface area contributed by atoms with Gasteiger partial charge in [0.1, 0.15) is 4.99 Å².